The normalized spacial score (nSPS) is 11.5. The number of ether oxygens (including phenoxy) is 1. The number of thioether (sulfide) groups is 1. The fraction of sp³-hybridized carbons (Fsp3) is 0.174. The van der Waals surface area contributed by atoms with Crippen LogP contribution >= 0.6 is 23.1 Å². The van der Waals surface area contributed by atoms with Gasteiger partial charge < -0.3 is 20.2 Å². The van der Waals surface area contributed by atoms with Crippen LogP contribution in [0.15, 0.2) is 46.0 Å². The number of nitrogens with one attached hydrogen (secondary N) is 1. The number of pyridine rings is 1. The van der Waals surface area contributed by atoms with Crippen LogP contribution in [0.25, 0.3) is 21.5 Å². The third-order valence-corrected chi connectivity index (χ3v) is 6.76. The molecule has 11 heteroatoms. The number of hydrogen-bond acceptors (Lipinski definition) is 10. The Hall–Kier alpha value is -4.06. The van der Waals surface area contributed by atoms with Gasteiger partial charge in [0.2, 0.25) is 5.91 Å². The number of nitrogen functional groups attached to an aromatic ring is 1. The number of anilines is 2. The van der Waals surface area contributed by atoms with Gasteiger partial charge in [0.05, 0.1) is 39.5 Å². The molecule has 1 aromatic carbocycles. The van der Waals surface area contributed by atoms with Gasteiger partial charge in [0.25, 0.3) is 0 Å². The van der Waals surface area contributed by atoms with Gasteiger partial charge in [-0.15, -0.1) is 0 Å². The topological polar surface area (TPSA) is 151 Å². The Kier molecular flexibility index (Phi) is 6.68. The Morgan fingerprint density at radius 1 is 1.29 bits per heavy atom. The fourth-order valence-corrected chi connectivity index (χ4v) is 5.01. The summed E-state index contributed by atoms with van der Waals surface area (Å²) in [5, 5.41) is 22.2. The summed E-state index contributed by atoms with van der Waals surface area (Å²) in [6.45, 7) is 4.15. The summed E-state index contributed by atoms with van der Waals surface area (Å²) in [5.74, 6) is 0.699. The van der Waals surface area contributed by atoms with E-state index in [1.165, 1.54) is 17.6 Å². The van der Waals surface area contributed by atoms with Gasteiger partial charge in [0.1, 0.15) is 40.1 Å². The summed E-state index contributed by atoms with van der Waals surface area (Å²) in [4.78, 5) is 21.6. The van der Waals surface area contributed by atoms with Crippen LogP contribution in [-0.4, -0.2) is 27.7 Å². The van der Waals surface area contributed by atoms with E-state index in [1.807, 2.05) is 31.2 Å². The van der Waals surface area contributed by atoms with E-state index in [4.69, 9.17) is 14.9 Å². The third kappa shape index (κ3) is 4.53. The summed E-state index contributed by atoms with van der Waals surface area (Å²) >= 11 is 2.40. The lowest BCUT2D eigenvalue weighted by Crippen LogP contribution is -2.22. The minimum absolute atomic E-state index is 0.0423. The molecule has 1 amide bonds. The molecule has 3 N–H and O–H groups in total. The van der Waals surface area contributed by atoms with Crippen LogP contribution in [0.1, 0.15) is 25.0 Å². The lowest BCUT2D eigenvalue weighted by molar-refractivity contribution is -0.115. The number of thiazole rings is 1. The Morgan fingerprint density at radius 2 is 2.09 bits per heavy atom. The molecule has 4 rings (SSSR count). The Bertz CT molecular complexity index is 1450. The SMILES string of the molecule is CCOc1ccc2nc(NC(=O)C(C)Sc3nc(N)c(C#N)c(-c4ccco4)c3C#N)sc2c1. The van der Waals surface area contributed by atoms with Crippen LogP contribution in [0.4, 0.5) is 10.9 Å². The van der Waals surface area contributed by atoms with Crippen molar-refractivity contribution in [1.29, 1.82) is 10.5 Å². The molecule has 9 nitrogen and oxygen atoms in total. The Morgan fingerprint density at radius 3 is 2.76 bits per heavy atom. The summed E-state index contributed by atoms with van der Waals surface area (Å²) in [6.07, 6.45) is 1.44. The first-order chi connectivity index (χ1) is 16.4. The maximum absolute atomic E-state index is 12.9. The Labute approximate surface area is 203 Å². The van der Waals surface area contributed by atoms with E-state index in [1.54, 1.807) is 19.1 Å². The molecule has 0 aliphatic heterocycles. The molecule has 0 saturated carbocycles. The summed E-state index contributed by atoms with van der Waals surface area (Å²) in [5.41, 5.74) is 7.18. The van der Waals surface area contributed by atoms with Gasteiger partial charge in [-0.1, -0.05) is 23.1 Å². The highest BCUT2D eigenvalue weighted by Gasteiger charge is 2.25. The molecular formula is C23H18N6O3S2. The zero-order valence-electron chi connectivity index (χ0n) is 18.2. The molecule has 0 fully saturated rings. The van der Waals surface area contributed by atoms with E-state index in [-0.39, 0.29) is 33.4 Å². The Balaban J connectivity index is 1.58. The standard InChI is InChI=1S/C23H18N6O3S2/c1-3-31-13-6-7-16-18(9-13)34-23(27-16)29-21(30)12(2)33-22-15(11-25)19(17-5-4-8-32-17)14(10-24)20(26)28-22/h4-9,12H,3H2,1-2H3,(H2,26,28)(H,27,29,30). The first kappa shape index (κ1) is 23.1. The second kappa shape index (κ2) is 9.83. The van der Waals surface area contributed by atoms with Crippen LogP contribution in [-0.2, 0) is 4.79 Å². The van der Waals surface area contributed by atoms with Crippen molar-refractivity contribution in [3.05, 3.63) is 47.7 Å². The number of furan rings is 1. The van der Waals surface area contributed by atoms with Crippen molar-refractivity contribution in [1.82, 2.24) is 9.97 Å². The van der Waals surface area contributed by atoms with Crippen LogP contribution in [0.3, 0.4) is 0 Å². The van der Waals surface area contributed by atoms with Crippen molar-refractivity contribution in [3.8, 4) is 29.2 Å². The number of benzene rings is 1. The molecule has 0 aliphatic rings. The number of nitrogens with zero attached hydrogens (tertiary/aromatic N) is 4. The van der Waals surface area contributed by atoms with Crippen LogP contribution in [0, 0.1) is 22.7 Å². The van der Waals surface area contributed by atoms with Gasteiger partial charge in [0, 0.05) is 0 Å². The monoisotopic (exact) mass is 490 g/mol. The van der Waals surface area contributed by atoms with Crippen molar-refractivity contribution in [2.75, 3.05) is 17.7 Å². The van der Waals surface area contributed by atoms with Crippen LogP contribution in [0.2, 0.25) is 0 Å². The van der Waals surface area contributed by atoms with Crippen molar-refractivity contribution in [3.63, 3.8) is 0 Å². The van der Waals surface area contributed by atoms with Crippen molar-refractivity contribution >= 4 is 50.2 Å². The number of rotatable bonds is 7. The van der Waals surface area contributed by atoms with E-state index in [2.05, 4.69) is 21.4 Å². The predicted octanol–water partition coefficient (Wildman–Crippen LogP) is 4.79. The van der Waals surface area contributed by atoms with Crippen molar-refractivity contribution < 1.29 is 13.9 Å². The fourth-order valence-electron chi connectivity index (χ4n) is 3.19. The van der Waals surface area contributed by atoms with Gasteiger partial charge >= 0.3 is 0 Å². The number of nitriles is 2. The van der Waals surface area contributed by atoms with E-state index in [9.17, 15) is 15.3 Å². The number of amides is 1. The molecule has 3 aromatic heterocycles. The van der Waals surface area contributed by atoms with Gasteiger partial charge in [-0.25, -0.2) is 9.97 Å². The first-order valence-electron chi connectivity index (χ1n) is 10.1. The summed E-state index contributed by atoms with van der Waals surface area (Å²) in [6, 6.07) is 12.9. The van der Waals surface area contributed by atoms with Gasteiger partial charge in [-0.05, 0) is 44.2 Å². The minimum atomic E-state index is -0.637. The molecule has 1 atom stereocenters. The zero-order valence-corrected chi connectivity index (χ0v) is 19.8. The number of hydrogen-bond donors (Lipinski definition) is 2. The maximum atomic E-state index is 12.9. The largest absolute Gasteiger partial charge is 0.494 e. The highest BCUT2D eigenvalue weighted by molar-refractivity contribution is 8.00. The lowest BCUT2D eigenvalue weighted by Gasteiger charge is -2.14. The molecule has 1 unspecified atom stereocenters. The van der Waals surface area contributed by atoms with E-state index in [0.29, 0.717) is 17.5 Å². The highest BCUT2D eigenvalue weighted by Crippen LogP contribution is 2.37. The second-order valence-corrected chi connectivity index (χ2v) is 9.32. The van der Waals surface area contributed by atoms with Crippen LogP contribution in [0.5, 0.6) is 5.75 Å². The number of carbonyl (C=O) groups excluding carboxylic acids is 1. The average molecular weight is 491 g/mol. The number of aromatic nitrogens is 2. The van der Waals surface area contributed by atoms with Gasteiger partial charge in [-0.2, -0.15) is 10.5 Å². The lowest BCUT2D eigenvalue weighted by atomic mass is 10.0. The summed E-state index contributed by atoms with van der Waals surface area (Å²) in [7, 11) is 0. The predicted molar refractivity (Wildman–Crippen MR) is 131 cm³/mol. The molecule has 170 valence electrons. The van der Waals surface area contributed by atoms with Crippen molar-refractivity contribution in [2.24, 2.45) is 0 Å². The van der Waals surface area contributed by atoms with Gasteiger partial charge in [0.15, 0.2) is 5.13 Å². The van der Waals surface area contributed by atoms with Gasteiger partial charge in [-0.3, -0.25) is 4.79 Å². The second-order valence-electron chi connectivity index (χ2n) is 6.96. The maximum Gasteiger partial charge on any atom is 0.239 e. The van der Waals surface area contributed by atoms with E-state index in [0.717, 1.165) is 27.7 Å². The molecule has 0 saturated heterocycles. The third-order valence-electron chi connectivity index (χ3n) is 4.74. The minimum Gasteiger partial charge on any atom is -0.494 e. The quantitative estimate of drug-likeness (QED) is 0.348. The molecule has 34 heavy (non-hydrogen) atoms. The van der Waals surface area contributed by atoms with E-state index < -0.39 is 5.25 Å². The number of nitrogens with two attached hydrogens (primary N) is 1. The molecule has 0 bridgehead atoms. The molecular weight excluding hydrogens is 472 g/mol. The molecule has 0 spiro atoms. The molecule has 0 radical (unpaired) electrons. The molecule has 4 aromatic rings. The average Bonchev–Trinajstić information content (AvgIpc) is 3.48. The van der Waals surface area contributed by atoms with E-state index >= 15 is 0 Å². The highest BCUT2D eigenvalue weighted by atomic mass is 32.2. The molecule has 0 aliphatic carbocycles. The molecule has 3 heterocycles. The number of fused-ring (bicyclic) bond motifs is 1. The van der Waals surface area contributed by atoms with Crippen LogP contribution < -0.4 is 15.8 Å². The smallest absolute Gasteiger partial charge is 0.239 e. The first-order valence-corrected chi connectivity index (χ1v) is 11.8. The van der Waals surface area contributed by atoms with Crippen molar-refractivity contribution in [2.45, 2.75) is 24.1 Å². The number of carbonyl (C=O) groups is 1. The zero-order chi connectivity index (χ0) is 24.2. The summed E-state index contributed by atoms with van der Waals surface area (Å²) < 4.78 is 11.8.